The number of thiazole rings is 1. The number of hydrogen-bond donors (Lipinski definition) is 1. The number of aromatic nitrogens is 5. The Balaban J connectivity index is 1.37. The fourth-order valence-electron chi connectivity index (χ4n) is 4.24. The van der Waals surface area contributed by atoms with Gasteiger partial charge in [0.25, 0.3) is 5.91 Å². The maximum atomic E-state index is 13.4. The highest BCUT2D eigenvalue weighted by molar-refractivity contribution is 7.16. The molecule has 5 heterocycles. The maximum Gasteiger partial charge on any atom is 0.434 e. The summed E-state index contributed by atoms with van der Waals surface area (Å²) < 4.78 is 45.8. The zero-order valence-electron chi connectivity index (χ0n) is 20.4. The van der Waals surface area contributed by atoms with E-state index in [0.717, 1.165) is 21.6 Å². The van der Waals surface area contributed by atoms with Gasteiger partial charge in [0.05, 0.1) is 33.9 Å². The Hall–Kier alpha value is -3.85. The van der Waals surface area contributed by atoms with Gasteiger partial charge < -0.3 is 9.64 Å². The van der Waals surface area contributed by atoms with E-state index in [4.69, 9.17) is 4.74 Å². The van der Waals surface area contributed by atoms with Gasteiger partial charge in [-0.05, 0) is 32.9 Å². The molecule has 2 amide bonds. The van der Waals surface area contributed by atoms with Gasteiger partial charge in [-0.2, -0.15) is 23.3 Å². The summed E-state index contributed by atoms with van der Waals surface area (Å²) in [6, 6.07) is 4.05. The van der Waals surface area contributed by atoms with Gasteiger partial charge in [-0.25, -0.2) is 14.8 Å². The number of amides is 2. The molecule has 38 heavy (non-hydrogen) atoms. The topological polar surface area (TPSA) is 115 Å². The van der Waals surface area contributed by atoms with Gasteiger partial charge in [-0.1, -0.05) is 0 Å². The molecule has 1 aliphatic rings. The van der Waals surface area contributed by atoms with Gasteiger partial charge in [-0.3, -0.25) is 14.8 Å². The van der Waals surface area contributed by atoms with Crippen molar-refractivity contribution in [2.75, 3.05) is 5.32 Å². The highest BCUT2D eigenvalue weighted by Crippen LogP contribution is 2.49. The van der Waals surface area contributed by atoms with Crippen molar-refractivity contribution < 1.29 is 27.5 Å². The number of nitrogens with one attached hydrogen (secondary N) is 1. The van der Waals surface area contributed by atoms with Crippen molar-refractivity contribution in [1.29, 1.82) is 0 Å². The second-order valence-corrected chi connectivity index (χ2v) is 10.9. The molecule has 0 aliphatic carbocycles. The molecule has 0 saturated heterocycles. The lowest BCUT2D eigenvalue weighted by Gasteiger charge is -2.36. The van der Waals surface area contributed by atoms with E-state index < -0.39 is 29.5 Å². The van der Waals surface area contributed by atoms with E-state index in [1.807, 2.05) is 13.8 Å². The summed E-state index contributed by atoms with van der Waals surface area (Å²) in [7, 11) is 1.66. The van der Waals surface area contributed by atoms with E-state index in [1.165, 1.54) is 28.4 Å². The number of carbonyl (C=O) groups excluding carboxylic acids is 2. The molecule has 1 aliphatic heterocycles. The number of fused-ring (bicyclic) bond motifs is 1. The monoisotopic (exact) mass is 563 g/mol. The molecule has 0 spiro atoms. The lowest BCUT2D eigenvalue weighted by molar-refractivity contribution is -0.140. The zero-order valence-corrected chi connectivity index (χ0v) is 22.0. The molecule has 15 heteroatoms. The van der Waals surface area contributed by atoms with Crippen LogP contribution in [0.15, 0.2) is 36.0 Å². The third-order valence-electron chi connectivity index (χ3n) is 6.02. The number of ether oxygens (including phenoxy) is 1. The first-order chi connectivity index (χ1) is 17.9. The number of halogens is 3. The lowest BCUT2D eigenvalue weighted by Crippen LogP contribution is -2.40. The molecule has 0 bridgehead atoms. The summed E-state index contributed by atoms with van der Waals surface area (Å²) in [5.74, 6) is 0.109. The summed E-state index contributed by atoms with van der Waals surface area (Å²) in [6.45, 7) is 5.34. The molecule has 1 atom stereocenters. The van der Waals surface area contributed by atoms with Crippen molar-refractivity contribution in [1.82, 2.24) is 29.6 Å². The normalized spacial score (nSPS) is 15.4. The van der Waals surface area contributed by atoms with Gasteiger partial charge in [0, 0.05) is 29.6 Å². The molecule has 198 valence electrons. The number of rotatable bonds is 5. The van der Waals surface area contributed by atoms with Crippen molar-refractivity contribution >= 4 is 40.5 Å². The van der Waals surface area contributed by atoms with Gasteiger partial charge in [-0.15, -0.1) is 22.7 Å². The van der Waals surface area contributed by atoms with Gasteiger partial charge in [0.15, 0.2) is 5.69 Å². The highest BCUT2D eigenvalue weighted by Gasteiger charge is 2.48. The number of aryl methyl sites for hydroxylation is 1. The average Bonchev–Trinajstić information content (AvgIpc) is 3.61. The number of hydrogen-bond acceptors (Lipinski definition) is 9. The SMILES string of the molecule is CC(c1nc(C(F)(F)F)cs1)N1C(=O)c2cc(-c3ccnc(OC(=O)Nc4ccnn4C)n3)sc2C1(C)C. The Morgan fingerprint density at radius 1 is 1.21 bits per heavy atom. The number of carbonyl (C=O) groups is 2. The number of thiophene rings is 1. The maximum absolute atomic E-state index is 13.4. The molecule has 10 nitrogen and oxygen atoms in total. The molecular weight excluding hydrogens is 543 g/mol. The standard InChI is InChI=1S/C23H20F3N7O3S2/c1-11(18-30-15(10-37-18)23(24,25)26)33-19(34)12-9-14(38-17(12)22(33,2)3)13-5-7-27-20(29-13)36-21(35)31-16-6-8-28-32(16)4/h5-11H,1-4H3,(H,31,35). The quantitative estimate of drug-likeness (QED) is 0.342. The van der Waals surface area contributed by atoms with E-state index in [0.29, 0.717) is 22.0 Å². The molecule has 5 rings (SSSR count). The number of nitrogens with zero attached hydrogens (tertiary/aromatic N) is 6. The van der Waals surface area contributed by atoms with Crippen LogP contribution in [0.4, 0.5) is 23.8 Å². The summed E-state index contributed by atoms with van der Waals surface area (Å²) >= 11 is 2.20. The molecule has 4 aromatic rings. The van der Waals surface area contributed by atoms with E-state index >= 15 is 0 Å². The van der Waals surface area contributed by atoms with E-state index in [1.54, 1.807) is 37.1 Å². The molecule has 0 radical (unpaired) electrons. The summed E-state index contributed by atoms with van der Waals surface area (Å²) in [4.78, 5) is 40.6. The Labute approximate surface area is 222 Å². The Bertz CT molecular complexity index is 1540. The van der Waals surface area contributed by atoms with Crippen LogP contribution in [0.1, 0.15) is 52.7 Å². The first-order valence-corrected chi connectivity index (χ1v) is 12.9. The average molecular weight is 564 g/mol. The van der Waals surface area contributed by atoms with Gasteiger partial charge in [0.1, 0.15) is 10.8 Å². The van der Waals surface area contributed by atoms with Crippen LogP contribution in [0.2, 0.25) is 0 Å². The minimum Gasteiger partial charge on any atom is -0.374 e. The van der Waals surface area contributed by atoms with E-state index in [9.17, 15) is 22.8 Å². The van der Waals surface area contributed by atoms with E-state index in [-0.39, 0.29) is 16.9 Å². The Morgan fingerprint density at radius 2 is 1.97 bits per heavy atom. The molecule has 0 saturated carbocycles. The fraction of sp³-hybridized carbons (Fsp3) is 0.304. The van der Waals surface area contributed by atoms with Gasteiger partial charge in [0.2, 0.25) is 0 Å². The van der Waals surface area contributed by atoms with Crippen molar-refractivity contribution in [2.45, 2.75) is 38.5 Å². The summed E-state index contributed by atoms with van der Waals surface area (Å²) in [5, 5.41) is 7.65. The largest absolute Gasteiger partial charge is 0.434 e. The smallest absolute Gasteiger partial charge is 0.374 e. The van der Waals surface area contributed by atoms with Crippen molar-refractivity contribution in [3.05, 3.63) is 57.1 Å². The van der Waals surface area contributed by atoms with Crippen molar-refractivity contribution in [3.63, 3.8) is 0 Å². The number of anilines is 1. The van der Waals surface area contributed by atoms with E-state index in [2.05, 4.69) is 25.4 Å². The van der Waals surface area contributed by atoms with Crippen LogP contribution >= 0.6 is 22.7 Å². The van der Waals surface area contributed by atoms with Gasteiger partial charge >= 0.3 is 18.3 Å². The van der Waals surface area contributed by atoms with Crippen LogP contribution in [-0.4, -0.2) is 41.6 Å². The Morgan fingerprint density at radius 3 is 2.61 bits per heavy atom. The van der Waals surface area contributed by atoms with Crippen LogP contribution in [-0.2, 0) is 18.8 Å². The van der Waals surface area contributed by atoms with Crippen molar-refractivity contribution in [2.24, 2.45) is 7.05 Å². The number of alkyl halides is 3. The first kappa shape index (κ1) is 25.8. The molecule has 1 unspecified atom stereocenters. The van der Waals surface area contributed by atoms with Crippen LogP contribution in [0.25, 0.3) is 10.6 Å². The van der Waals surface area contributed by atoms with Crippen LogP contribution in [0.3, 0.4) is 0 Å². The lowest BCUT2D eigenvalue weighted by atomic mass is 10.0. The zero-order chi connectivity index (χ0) is 27.4. The van der Waals surface area contributed by atoms with Crippen LogP contribution < -0.4 is 10.1 Å². The molecule has 1 N–H and O–H groups in total. The molecule has 4 aromatic heterocycles. The third kappa shape index (κ3) is 4.51. The van der Waals surface area contributed by atoms with Crippen molar-refractivity contribution in [3.8, 4) is 16.6 Å². The summed E-state index contributed by atoms with van der Waals surface area (Å²) in [6.07, 6.45) is -2.39. The molecule has 0 fully saturated rings. The second-order valence-electron chi connectivity index (χ2n) is 8.91. The Kier molecular flexibility index (Phi) is 6.22. The summed E-state index contributed by atoms with van der Waals surface area (Å²) in [5.41, 5.74) is -0.902. The predicted octanol–water partition coefficient (Wildman–Crippen LogP) is 5.48. The minimum atomic E-state index is -4.55. The van der Waals surface area contributed by atoms with Crippen LogP contribution in [0.5, 0.6) is 6.01 Å². The molecular formula is C23H20F3N7O3S2. The molecule has 0 aromatic carbocycles. The first-order valence-electron chi connectivity index (χ1n) is 11.2. The second kappa shape index (κ2) is 9.16. The highest BCUT2D eigenvalue weighted by atomic mass is 32.1. The van der Waals surface area contributed by atoms with Crippen LogP contribution in [0, 0.1) is 0 Å². The fourth-order valence-corrected chi connectivity index (χ4v) is 6.33. The third-order valence-corrected chi connectivity index (χ3v) is 8.50. The minimum absolute atomic E-state index is 0.180. The predicted molar refractivity (Wildman–Crippen MR) is 133 cm³/mol.